The van der Waals surface area contributed by atoms with Crippen LogP contribution in [0.2, 0.25) is 0 Å². The largest absolute Gasteiger partial charge is 0.508 e. The van der Waals surface area contributed by atoms with Gasteiger partial charge in [-0.05, 0) is 23.6 Å². The van der Waals surface area contributed by atoms with E-state index in [-0.39, 0.29) is 18.6 Å². The molecule has 0 aliphatic carbocycles. The molecule has 0 spiro atoms. The number of aromatic nitrogens is 2. The van der Waals surface area contributed by atoms with Gasteiger partial charge in [-0.25, -0.2) is 9.78 Å². The number of aromatic hydroxyl groups is 1. The van der Waals surface area contributed by atoms with E-state index in [9.17, 15) is 39.0 Å². The minimum Gasteiger partial charge on any atom is -0.508 e. The van der Waals surface area contributed by atoms with Crippen molar-refractivity contribution < 1.29 is 44.1 Å². The third-order valence-electron chi connectivity index (χ3n) is 6.02. The molecule has 2 rings (SSSR count). The summed E-state index contributed by atoms with van der Waals surface area (Å²) in [5.74, 6) is -6.30. The Bertz CT molecular complexity index is 1250. The highest BCUT2D eigenvalue weighted by Gasteiger charge is 2.30. The highest BCUT2D eigenvalue weighted by molar-refractivity contribution is 5.94. The molecule has 4 amide bonds. The molecule has 1 aromatic heterocycles. The number of hydrogen-bond donors (Lipinski definition) is 9. The van der Waals surface area contributed by atoms with Crippen LogP contribution in [0, 0.1) is 5.92 Å². The van der Waals surface area contributed by atoms with Crippen molar-refractivity contribution in [3.05, 3.63) is 48.0 Å². The maximum absolute atomic E-state index is 13.0. The molecule has 228 valence electrons. The molecule has 0 radical (unpaired) electrons. The van der Waals surface area contributed by atoms with Crippen LogP contribution in [0.1, 0.15) is 31.5 Å². The molecular weight excluding hydrogens is 554 g/mol. The highest BCUT2D eigenvalue weighted by atomic mass is 16.4. The van der Waals surface area contributed by atoms with Gasteiger partial charge in [-0.3, -0.25) is 24.0 Å². The molecule has 16 nitrogen and oxygen atoms in total. The van der Waals surface area contributed by atoms with Crippen LogP contribution in [-0.4, -0.2) is 91.6 Å². The Kier molecular flexibility index (Phi) is 12.4. The number of aliphatic carboxylic acids is 2. The fraction of sp³-hybridized carbons (Fsp3) is 0.423. The van der Waals surface area contributed by atoms with E-state index in [0.29, 0.717) is 11.3 Å². The van der Waals surface area contributed by atoms with Crippen LogP contribution in [0.4, 0.5) is 0 Å². The number of carboxylic acid groups (broad SMARTS) is 2. The molecule has 0 aliphatic rings. The number of amides is 4. The first-order chi connectivity index (χ1) is 19.8. The summed E-state index contributed by atoms with van der Waals surface area (Å²) in [6.45, 7) is 2.67. The van der Waals surface area contributed by atoms with Crippen molar-refractivity contribution in [2.45, 2.75) is 57.3 Å². The van der Waals surface area contributed by atoms with Crippen molar-refractivity contribution in [1.29, 1.82) is 0 Å². The third-order valence-corrected chi connectivity index (χ3v) is 6.02. The van der Waals surface area contributed by atoms with Crippen molar-refractivity contribution >= 4 is 35.6 Å². The number of carbonyl (C=O) groups is 6. The minimum absolute atomic E-state index is 0.0244. The van der Waals surface area contributed by atoms with Gasteiger partial charge in [-0.15, -0.1) is 0 Å². The third kappa shape index (κ3) is 10.9. The van der Waals surface area contributed by atoms with Gasteiger partial charge in [-0.2, -0.15) is 0 Å². The normalized spacial score (nSPS) is 13.7. The first kappa shape index (κ1) is 33.2. The minimum atomic E-state index is -1.44. The fourth-order valence-electron chi connectivity index (χ4n) is 3.76. The van der Waals surface area contributed by atoms with Gasteiger partial charge in [0, 0.05) is 24.7 Å². The number of rotatable bonds is 16. The summed E-state index contributed by atoms with van der Waals surface area (Å²) in [5.41, 5.74) is 6.61. The number of phenolic OH excluding ortho intramolecular Hbond substituents is 1. The molecule has 1 aromatic carbocycles. The summed E-state index contributed by atoms with van der Waals surface area (Å²) in [6, 6.07) is 0.620. The van der Waals surface area contributed by atoms with Gasteiger partial charge < -0.3 is 47.3 Å². The SMILES string of the molecule is CC(C)[C@H](NC(=O)CNC(=O)[C@H](Cc1ccc(O)cc1)NC(=O)[C@@H](N)CC(=O)O)C(=O)N[C@@H](Cc1cnc[nH]1)C(=O)O. The Morgan fingerprint density at radius 1 is 0.905 bits per heavy atom. The van der Waals surface area contributed by atoms with Crippen LogP contribution in [0.25, 0.3) is 0 Å². The summed E-state index contributed by atoms with van der Waals surface area (Å²) in [6.07, 6.45) is 1.96. The van der Waals surface area contributed by atoms with E-state index in [0.717, 1.165) is 0 Å². The highest BCUT2D eigenvalue weighted by Crippen LogP contribution is 2.12. The quantitative estimate of drug-likeness (QED) is 0.103. The number of nitrogens with zero attached hydrogens (tertiary/aromatic N) is 1. The maximum Gasteiger partial charge on any atom is 0.326 e. The Morgan fingerprint density at radius 3 is 2.10 bits per heavy atom. The molecule has 1 heterocycles. The van der Waals surface area contributed by atoms with Crippen molar-refractivity contribution in [1.82, 2.24) is 31.2 Å². The van der Waals surface area contributed by atoms with Crippen molar-refractivity contribution in [3.8, 4) is 5.75 Å². The van der Waals surface area contributed by atoms with E-state index in [1.54, 1.807) is 13.8 Å². The Morgan fingerprint density at radius 2 is 1.55 bits per heavy atom. The fourth-order valence-corrected chi connectivity index (χ4v) is 3.76. The van der Waals surface area contributed by atoms with Crippen LogP contribution in [-0.2, 0) is 41.6 Å². The number of hydrogen-bond acceptors (Lipinski definition) is 9. The van der Waals surface area contributed by atoms with Crippen LogP contribution in [0.5, 0.6) is 5.75 Å². The standard InChI is InChI=1S/C26H35N7O9/c1-13(2)22(25(40)32-19(26(41)42)8-15-10-28-12-30-15)33-20(35)11-29-24(39)18(7-14-3-5-16(34)6-4-14)31-23(38)17(27)9-21(36)37/h3-6,10,12-13,17-19,22,34H,7-9,11,27H2,1-2H3,(H,28,30)(H,29,39)(H,31,38)(H,32,40)(H,33,35)(H,36,37)(H,41,42)/t17-,18-,19-,22-/m0/s1. The molecule has 0 fully saturated rings. The summed E-state index contributed by atoms with van der Waals surface area (Å²) >= 11 is 0. The molecule has 0 unspecified atom stereocenters. The van der Waals surface area contributed by atoms with Crippen LogP contribution < -0.4 is 27.0 Å². The summed E-state index contributed by atoms with van der Waals surface area (Å²) < 4.78 is 0. The first-order valence-electron chi connectivity index (χ1n) is 12.9. The van der Waals surface area contributed by atoms with E-state index >= 15 is 0 Å². The molecule has 10 N–H and O–H groups in total. The number of carbonyl (C=O) groups excluding carboxylic acids is 4. The Hall–Kier alpha value is -4.99. The van der Waals surface area contributed by atoms with Gasteiger partial charge >= 0.3 is 11.9 Å². The number of benzene rings is 1. The number of imidazole rings is 1. The molecular formula is C26H35N7O9. The summed E-state index contributed by atoms with van der Waals surface area (Å²) in [4.78, 5) is 80.1. The lowest BCUT2D eigenvalue weighted by molar-refractivity contribution is -0.142. The number of nitrogens with two attached hydrogens (primary N) is 1. The molecule has 0 saturated heterocycles. The number of phenols is 1. The van der Waals surface area contributed by atoms with Crippen molar-refractivity contribution in [2.24, 2.45) is 11.7 Å². The van der Waals surface area contributed by atoms with Gasteiger partial charge in [0.1, 0.15) is 23.9 Å². The zero-order valence-corrected chi connectivity index (χ0v) is 23.0. The van der Waals surface area contributed by atoms with Gasteiger partial charge in [0.2, 0.25) is 23.6 Å². The van der Waals surface area contributed by atoms with Crippen LogP contribution in [0.15, 0.2) is 36.8 Å². The lowest BCUT2D eigenvalue weighted by Crippen LogP contribution is -2.57. The first-order valence-corrected chi connectivity index (χ1v) is 12.9. The van der Waals surface area contributed by atoms with E-state index in [1.165, 1.54) is 36.8 Å². The molecule has 16 heteroatoms. The van der Waals surface area contributed by atoms with Crippen LogP contribution >= 0.6 is 0 Å². The number of nitrogens with one attached hydrogen (secondary N) is 5. The predicted octanol–water partition coefficient (Wildman–Crippen LogP) is -1.99. The van der Waals surface area contributed by atoms with E-state index in [2.05, 4.69) is 31.2 Å². The Balaban J connectivity index is 2.04. The average Bonchev–Trinajstić information content (AvgIpc) is 3.43. The predicted molar refractivity (Wildman–Crippen MR) is 146 cm³/mol. The number of H-pyrrole nitrogens is 1. The van der Waals surface area contributed by atoms with Crippen LogP contribution in [0.3, 0.4) is 0 Å². The summed E-state index contributed by atoms with van der Waals surface area (Å²) in [5, 5.41) is 37.5. The second-order valence-corrected chi connectivity index (χ2v) is 9.82. The molecule has 0 aliphatic heterocycles. The molecule has 0 bridgehead atoms. The van der Waals surface area contributed by atoms with Gasteiger partial charge in [0.05, 0.1) is 25.3 Å². The maximum atomic E-state index is 13.0. The second-order valence-electron chi connectivity index (χ2n) is 9.82. The van der Waals surface area contributed by atoms with E-state index < -0.39 is 78.6 Å². The Labute approximate surface area is 240 Å². The topological polar surface area (TPSA) is 266 Å². The lowest BCUT2D eigenvalue weighted by atomic mass is 10.0. The smallest absolute Gasteiger partial charge is 0.326 e. The number of carboxylic acids is 2. The number of aromatic amines is 1. The van der Waals surface area contributed by atoms with Gasteiger partial charge in [0.15, 0.2) is 0 Å². The van der Waals surface area contributed by atoms with Gasteiger partial charge in [0.25, 0.3) is 0 Å². The molecule has 0 saturated carbocycles. The van der Waals surface area contributed by atoms with E-state index in [4.69, 9.17) is 10.8 Å². The van der Waals surface area contributed by atoms with Crippen molar-refractivity contribution in [2.75, 3.05) is 6.54 Å². The zero-order valence-electron chi connectivity index (χ0n) is 23.0. The zero-order chi connectivity index (χ0) is 31.4. The molecule has 42 heavy (non-hydrogen) atoms. The summed E-state index contributed by atoms with van der Waals surface area (Å²) in [7, 11) is 0. The van der Waals surface area contributed by atoms with Crippen molar-refractivity contribution in [3.63, 3.8) is 0 Å². The van der Waals surface area contributed by atoms with E-state index in [1.807, 2.05) is 0 Å². The average molecular weight is 590 g/mol. The molecule has 2 aromatic rings. The molecule has 4 atom stereocenters. The monoisotopic (exact) mass is 589 g/mol. The van der Waals surface area contributed by atoms with Gasteiger partial charge in [-0.1, -0.05) is 26.0 Å². The lowest BCUT2D eigenvalue weighted by Gasteiger charge is -2.24. The second kappa shape index (κ2) is 15.7.